The zero-order chi connectivity index (χ0) is 15.6. The van der Waals surface area contributed by atoms with Crippen LogP contribution in [0.4, 0.5) is 0 Å². The second-order valence-electron chi connectivity index (χ2n) is 5.31. The minimum Gasteiger partial charge on any atom is -0.480 e. The number of benzene rings is 1. The molecule has 2 aromatic rings. The number of para-hydroxylation sites is 1. The highest BCUT2D eigenvalue weighted by atomic mass is 32.2. The molecule has 2 unspecified atom stereocenters. The molecular formula is C15H20N2O3S. The largest absolute Gasteiger partial charge is 0.480 e. The lowest BCUT2D eigenvalue weighted by atomic mass is 10.1. The molecule has 0 saturated heterocycles. The first-order chi connectivity index (χ1) is 9.95. The van der Waals surface area contributed by atoms with Crippen LogP contribution in [-0.2, 0) is 27.9 Å². The minimum atomic E-state index is -1.49. The summed E-state index contributed by atoms with van der Waals surface area (Å²) < 4.78 is 14.3. The summed E-state index contributed by atoms with van der Waals surface area (Å²) >= 11 is 0. The fourth-order valence-electron chi connectivity index (χ4n) is 2.47. The van der Waals surface area contributed by atoms with E-state index in [4.69, 9.17) is 0 Å². The van der Waals surface area contributed by atoms with Gasteiger partial charge < -0.3 is 5.11 Å². The van der Waals surface area contributed by atoms with Crippen LogP contribution in [0.2, 0.25) is 0 Å². The topological polar surface area (TPSA) is 72.2 Å². The number of carboxylic acids is 1. The number of carboxylic acid groups (broad SMARTS) is 1. The number of rotatable bonds is 6. The lowest BCUT2D eigenvalue weighted by Gasteiger charge is -2.14. The van der Waals surface area contributed by atoms with Crippen LogP contribution in [0.5, 0.6) is 0 Å². The fourth-order valence-corrected chi connectivity index (χ4v) is 3.96. The molecule has 114 valence electrons. The summed E-state index contributed by atoms with van der Waals surface area (Å²) in [4.78, 5) is 11.3. The molecule has 6 heteroatoms. The molecule has 1 heterocycles. The molecule has 21 heavy (non-hydrogen) atoms. The van der Waals surface area contributed by atoms with Crippen molar-refractivity contribution in [2.24, 2.45) is 5.92 Å². The number of nitrogens with zero attached hydrogens (tertiary/aromatic N) is 2. The van der Waals surface area contributed by atoms with E-state index < -0.39 is 22.0 Å². The van der Waals surface area contributed by atoms with Crippen molar-refractivity contribution in [1.82, 2.24) is 9.78 Å². The van der Waals surface area contributed by atoms with Gasteiger partial charge in [-0.25, -0.2) is 0 Å². The van der Waals surface area contributed by atoms with Crippen LogP contribution in [0.1, 0.15) is 26.5 Å². The van der Waals surface area contributed by atoms with Crippen molar-refractivity contribution < 1.29 is 14.1 Å². The van der Waals surface area contributed by atoms with Gasteiger partial charge in [0, 0.05) is 22.7 Å². The lowest BCUT2D eigenvalue weighted by molar-refractivity contribution is -0.137. The first-order valence-electron chi connectivity index (χ1n) is 7.00. The maximum atomic E-state index is 12.4. The third-order valence-electron chi connectivity index (χ3n) is 3.45. The van der Waals surface area contributed by atoms with Crippen molar-refractivity contribution in [3.05, 3.63) is 30.0 Å². The average Bonchev–Trinajstić information content (AvgIpc) is 2.76. The van der Waals surface area contributed by atoms with Gasteiger partial charge in [0.1, 0.15) is 5.25 Å². The zero-order valence-electron chi connectivity index (χ0n) is 12.4. The molecule has 1 N–H and O–H groups in total. The molecule has 2 atom stereocenters. The molecule has 0 aliphatic carbocycles. The van der Waals surface area contributed by atoms with Gasteiger partial charge in [-0.2, -0.15) is 5.10 Å². The molecule has 0 fully saturated rings. The van der Waals surface area contributed by atoms with E-state index in [1.54, 1.807) is 13.8 Å². The molecule has 0 saturated carbocycles. The molecule has 1 aromatic heterocycles. The van der Waals surface area contributed by atoms with Crippen molar-refractivity contribution in [3.8, 4) is 0 Å². The molecular weight excluding hydrogens is 288 g/mol. The van der Waals surface area contributed by atoms with Gasteiger partial charge >= 0.3 is 5.97 Å². The number of aryl methyl sites for hydroxylation is 1. The first-order valence-corrected chi connectivity index (χ1v) is 8.38. The average molecular weight is 308 g/mol. The van der Waals surface area contributed by atoms with E-state index in [1.807, 2.05) is 35.9 Å². The molecule has 0 aliphatic heterocycles. The third-order valence-corrected chi connectivity index (χ3v) is 5.32. The second kappa shape index (κ2) is 6.39. The quantitative estimate of drug-likeness (QED) is 0.889. The van der Waals surface area contributed by atoms with Gasteiger partial charge in [-0.3, -0.25) is 13.7 Å². The van der Waals surface area contributed by atoms with Crippen LogP contribution < -0.4 is 0 Å². The van der Waals surface area contributed by atoms with E-state index >= 15 is 0 Å². The summed E-state index contributed by atoms with van der Waals surface area (Å²) in [5.41, 5.74) is 1.70. The highest BCUT2D eigenvalue weighted by molar-refractivity contribution is 7.85. The molecule has 2 rings (SSSR count). The Balaban J connectivity index is 2.35. The van der Waals surface area contributed by atoms with Gasteiger partial charge in [-0.05, 0) is 18.9 Å². The Kier molecular flexibility index (Phi) is 4.77. The normalized spacial score (nSPS) is 14.5. The van der Waals surface area contributed by atoms with Crippen LogP contribution in [0, 0.1) is 5.92 Å². The van der Waals surface area contributed by atoms with Crippen molar-refractivity contribution in [2.75, 3.05) is 0 Å². The van der Waals surface area contributed by atoms with Gasteiger partial charge in [-0.15, -0.1) is 0 Å². The van der Waals surface area contributed by atoms with Crippen LogP contribution in [0.3, 0.4) is 0 Å². The van der Waals surface area contributed by atoms with Crippen LogP contribution in [0.15, 0.2) is 24.3 Å². The number of carbonyl (C=O) groups is 1. The summed E-state index contributed by atoms with van der Waals surface area (Å²) in [6.45, 7) is 6.27. The number of hydrogen-bond acceptors (Lipinski definition) is 3. The number of aliphatic carboxylic acids is 1. The number of fused-ring (bicyclic) bond motifs is 1. The Labute approximate surface area is 126 Å². The van der Waals surface area contributed by atoms with Crippen molar-refractivity contribution in [3.63, 3.8) is 0 Å². The van der Waals surface area contributed by atoms with Gasteiger partial charge in [0.15, 0.2) is 0 Å². The van der Waals surface area contributed by atoms with Gasteiger partial charge in [0.25, 0.3) is 0 Å². The van der Waals surface area contributed by atoms with E-state index in [0.29, 0.717) is 5.69 Å². The Hall–Kier alpha value is -1.69. The zero-order valence-corrected chi connectivity index (χ0v) is 13.3. The Morgan fingerprint density at radius 2 is 2.05 bits per heavy atom. The minimum absolute atomic E-state index is 0.169. The molecule has 0 radical (unpaired) electrons. The maximum absolute atomic E-state index is 12.4. The van der Waals surface area contributed by atoms with Crippen molar-refractivity contribution in [2.45, 2.75) is 38.3 Å². The predicted octanol–water partition coefficient (Wildman–Crippen LogP) is 2.41. The standard InChI is InChI=1S/C15H20N2O3S/c1-4-17-13-8-6-5-7-11(13)12(16-17)9-21(20)14(10(2)3)15(18)19/h5-8,10,14H,4,9H2,1-3H3,(H,18,19). The molecule has 0 bridgehead atoms. The van der Waals surface area contributed by atoms with Crippen LogP contribution in [-0.4, -0.2) is 30.3 Å². The SMILES string of the molecule is CCn1nc(CS(=O)C(C(=O)O)C(C)C)c2ccccc21. The smallest absolute Gasteiger partial charge is 0.319 e. The van der Waals surface area contributed by atoms with Crippen molar-refractivity contribution >= 4 is 27.7 Å². The van der Waals surface area contributed by atoms with Gasteiger partial charge in [0.05, 0.1) is 17.0 Å². The maximum Gasteiger partial charge on any atom is 0.319 e. The summed E-state index contributed by atoms with van der Waals surface area (Å²) in [7, 11) is -1.49. The summed E-state index contributed by atoms with van der Waals surface area (Å²) in [6.07, 6.45) is 0. The Morgan fingerprint density at radius 3 is 2.62 bits per heavy atom. The van der Waals surface area contributed by atoms with Crippen molar-refractivity contribution in [1.29, 1.82) is 0 Å². The Bertz CT molecular complexity index is 679. The van der Waals surface area contributed by atoms with E-state index in [1.165, 1.54) is 0 Å². The molecule has 1 aromatic carbocycles. The second-order valence-corrected chi connectivity index (χ2v) is 6.87. The number of hydrogen-bond donors (Lipinski definition) is 1. The number of aromatic nitrogens is 2. The molecule has 5 nitrogen and oxygen atoms in total. The van der Waals surface area contributed by atoms with E-state index in [9.17, 15) is 14.1 Å². The predicted molar refractivity (Wildman–Crippen MR) is 83.5 cm³/mol. The highest BCUT2D eigenvalue weighted by Gasteiger charge is 2.29. The highest BCUT2D eigenvalue weighted by Crippen LogP contribution is 2.22. The van der Waals surface area contributed by atoms with E-state index in [2.05, 4.69) is 5.10 Å². The fraction of sp³-hybridized carbons (Fsp3) is 0.467. The van der Waals surface area contributed by atoms with E-state index in [-0.39, 0.29) is 11.7 Å². The van der Waals surface area contributed by atoms with Gasteiger partial charge in [-0.1, -0.05) is 32.0 Å². The monoisotopic (exact) mass is 308 g/mol. The van der Waals surface area contributed by atoms with Gasteiger partial charge in [0.2, 0.25) is 0 Å². The van der Waals surface area contributed by atoms with Crippen LogP contribution in [0.25, 0.3) is 10.9 Å². The summed E-state index contributed by atoms with van der Waals surface area (Å²) in [6, 6.07) is 7.75. The van der Waals surface area contributed by atoms with E-state index in [0.717, 1.165) is 17.4 Å². The third kappa shape index (κ3) is 3.15. The Morgan fingerprint density at radius 1 is 1.38 bits per heavy atom. The first kappa shape index (κ1) is 15.7. The molecule has 0 spiro atoms. The molecule has 0 aliphatic rings. The lowest BCUT2D eigenvalue weighted by Crippen LogP contribution is -2.31. The summed E-state index contributed by atoms with van der Waals surface area (Å²) in [5, 5.41) is 13.8. The van der Waals surface area contributed by atoms with Crippen LogP contribution >= 0.6 is 0 Å². The summed E-state index contributed by atoms with van der Waals surface area (Å²) in [5.74, 6) is -1.02. The molecule has 0 amide bonds.